The number of thioether (sulfide) groups is 1. The normalized spacial score (nSPS) is 34.8. The molecule has 1 aromatic rings. The predicted molar refractivity (Wildman–Crippen MR) is 80.6 cm³/mol. The standard InChI is InChI=1S/C16H22N2S/c1-2-6-16-13(5-1)15(7-9-19-16)18-10-12-4-3-8-17-14(12)11-18/h1-2,5-6,12,14-15,17H,3-4,7-11H2/t12-,14+,15?/m0/s1. The lowest BCUT2D eigenvalue weighted by Crippen LogP contribution is -2.41. The number of nitrogens with one attached hydrogen (secondary N) is 1. The molecule has 3 heterocycles. The van der Waals surface area contributed by atoms with Gasteiger partial charge in [-0.15, -0.1) is 11.8 Å². The molecule has 0 spiro atoms. The van der Waals surface area contributed by atoms with Gasteiger partial charge in [-0.05, 0) is 49.1 Å². The fourth-order valence-corrected chi connectivity index (χ4v) is 5.14. The molecule has 1 unspecified atom stereocenters. The summed E-state index contributed by atoms with van der Waals surface area (Å²) in [4.78, 5) is 4.27. The van der Waals surface area contributed by atoms with Gasteiger partial charge in [-0.3, -0.25) is 4.90 Å². The van der Waals surface area contributed by atoms with Crippen LogP contribution in [0.1, 0.15) is 30.9 Å². The molecule has 3 aliphatic rings. The monoisotopic (exact) mass is 274 g/mol. The van der Waals surface area contributed by atoms with Gasteiger partial charge >= 0.3 is 0 Å². The van der Waals surface area contributed by atoms with Crippen LogP contribution in [0.5, 0.6) is 0 Å². The molecule has 1 N–H and O–H groups in total. The van der Waals surface area contributed by atoms with E-state index in [1.807, 2.05) is 11.8 Å². The van der Waals surface area contributed by atoms with E-state index < -0.39 is 0 Å². The molecule has 4 rings (SSSR count). The van der Waals surface area contributed by atoms with Gasteiger partial charge in [0.05, 0.1) is 0 Å². The summed E-state index contributed by atoms with van der Waals surface area (Å²) in [5.41, 5.74) is 1.58. The maximum atomic E-state index is 3.73. The number of rotatable bonds is 1. The first-order valence-corrected chi connectivity index (χ1v) is 8.59. The molecule has 2 fully saturated rings. The number of hydrogen-bond donors (Lipinski definition) is 1. The van der Waals surface area contributed by atoms with E-state index in [2.05, 4.69) is 34.5 Å². The van der Waals surface area contributed by atoms with Crippen LogP contribution in [0.15, 0.2) is 29.2 Å². The van der Waals surface area contributed by atoms with Crippen molar-refractivity contribution in [1.29, 1.82) is 0 Å². The highest BCUT2D eigenvalue weighted by molar-refractivity contribution is 7.99. The van der Waals surface area contributed by atoms with Crippen LogP contribution in [0.2, 0.25) is 0 Å². The minimum Gasteiger partial charge on any atom is -0.312 e. The summed E-state index contributed by atoms with van der Waals surface area (Å²) in [5.74, 6) is 2.18. The number of nitrogens with zero attached hydrogens (tertiary/aromatic N) is 1. The van der Waals surface area contributed by atoms with E-state index in [0.29, 0.717) is 6.04 Å². The molecule has 0 aromatic heterocycles. The molecule has 19 heavy (non-hydrogen) atoms. The van der Waals surface area contributed by atoms with Crippen molar-refractivity contribution in [3.63, 3.8) is 0 Å². The smallest absolute Gasteiger partial charge is 0.0367 e. The molecule has 0 radical (unpaired) electrons. The summed E-state index contributed by atoms with van der Waals surface area (Å²) in [6.45, 7) is 3.79. The minimum absolute atomic E-state index is 0.671. The summed E-state index contributed by atoms with van der Waals surface area (Å²) in [6, 6.07) is 10.5. The third-order valence-corrected chi connectivity index (χ3v) is 6.12. The third kappa shape index (κ3) is 2.22. The van der Waals surface area contributed by atoms with Crippen LogP contribution in [0.25, 0.3) is 0 Å². The molecular formula is C16H22N2S. The van der Waals surface area contributed by atoms with Crippen molar-refractivity contribution >= 4 is 11.8 Å². The summed E-state index contributed by atoms with van der Waals surface area (Å²) < 4.78 is 0. The molecule has 0 bridgehead atoms. The number of benzene rings is 1. The summed E-state index contributed by atoms with van der Waals surface area (Å²) in [7, 11) is 0. The van der Waals surface area contributed by atoms with Gasteiger partial charge in [0.2, 0.25) is 0 Å². The molecule has 3 aliphatic heterocycles. The quantitative estimate of drug-likeness (QED) is 0.848. The molecule has 0 aliphatic carbocycles. The van der Waals surface area contributed by atoms with Crippen LogP contribution < -0.4 is 5.32 Å². The fourth-order valence-electron chi connectivity index (χ4n) is 4.04. The van der Waals surface area contributed by atoms with E-state index in [4.69, 9.17) is 0 Å². The van der Waals surface area contributed by atoms with Crippen LogP contribution in [-0.4, -0.2) is 36.3 Å². The molecule has 3 atom stereocenters. The van der Waals surface area contributed by atoms with Crippen molar-refractivity contribution in [2.75, 3.05) is 25.4 Å². The zero-order valence-corrected chi connectivity index (χ0v) is 12.2. The van der Waals surface area contributed by atoms with Crippen LogP contribution in [0.4, 0.5) is 0 Å². The van der Waals surface area contributed by atoms with Crippen molar-refractivity contribution in [1.82, 2.24) is 10.2 Å². The Kier molecular flexibility index (Phi) is 3.30. The van der Waals surface area contributed by atoms with Crippen molar-refractivity contribution in [3.05, 3.63) is 29.8 Å². The largest absolute Gasteiger partial charge is 0.312 e. The van der Waals surface area contributed by atoms with Crippen LogP contribution in [-0.2, 0) is 0 Å². The SMILES string of the molecule is c1ccc2c(c1)SCCC2N1C[C@@H]2CCCN[C@@H]2C1. The van der Waals surface area contributed by atoms with Crippen molar-refractivity contribution < 1.29 is 0 Å². The highest BCUT2D eigenvalue weighted by Crippen LogP contribution is 2.41. The summed E-state index contributed by atoms with van der Waals surface area (Å²) in [5, 5.41) is 3.73. The van der Waals surface area contributed by atoms with Crippen molar-refractivity contribution in [2.24, 2.45) is 5.92 Å². The number of likely N-dealkylation sites (tertiary alicyclic amines) is 1. The van der Waals surface area contributed by atoms with Gasteiger partial charge in [0.1, 0.15) is 0 Å². The molecule has 2 nitrogen and oxygen atoms in total. The summed E-state index contributed by atoms with van der Waals surface area (Å²) in [6.07, 6.45) is 4.12. The van der Waals surface area contributed by atoms with Gasteiger partial charge in [0.15, 0.2) is 0 Å². The highest BCUT2D eigenvalue weighted by atomic mass is 32.2. The van der Waals surface area contributed by atoms with E-state index >= 15 is 0 Å². The first kappa shape index (κ1) is 12.2. The maximum absolute atomic E-state index is 3.73. The van der Waals surface area contributed by atoms with Gasteiger partial charge in [0.25, 0.3) is 0 Å². The second-order valence-corrected chi connectivity index (χ2v) is 7.24. The number of hydrogen-bond acceptors (Lipinski definition) is 3. The minimum atomic E-state index is 0.671. The van der Waals surface area contributed by atoms with Crippen LogP contribution in [0.3, 0.4) is 0 Å². The maximum Gasteiger partial charge on any atom is 0.0367 e. The molecule has 0 amide bonds. The van der Waals surface area contributed by atoms with E-state index in [0.717, 1.165) is 12.0 Å². The van der Waals surface area contributed by atoms with Crippen molar-refractivity contribution in [2.45, 2.75) is 36.2 Å². The van der Waals surface area contributed by atoms with Gasteiger partial charge in [-0.2, -0.15) is 0 Å². The molecule has 102 valence electrons. The number of piperidine rings is 1. The Hall–Kier alpha value is -0.510. The summed E-state index contributed by atoms with van der Waals surface area (Å²) >= 11 is 2.03. The van der Waals surface area contributed by atoms with Crippen LogP contribution in [0, 0.1) is 5.92 Å². The number of fused-ring (bicyclic) bond motifs is 2. The van der Waals surface area contributed by atoms with E-state index in [-0.39, 0.29) is 0 Å². The zero-order valence-electron chi connectivity index (χ0n) is 11.3. The molecule has 1 aromatic carbocycles. The van der Waals surface area contributed by atoms with Gasteiger partial charge in [0, 0.05) is 30.1 Å². The topological polar surface area (TPSA) is 15.3 Å². The van der Waals surface area contributed by atoms with E-state index in [1.165, 1.54) is 49.5 Å². The lowest BCUT2D eigenvalue weighted by molar-refractivity contribution is 0.225. The van der Waals surface area contributed by atoms with E-state index in [1.54, 1.807) is 5.56 Å². The Morgan fingerprint density at radius 3 is 3.05 bits per heavy atom. The predicted octanol–water partition coefficient (Wildman–Crippen LogP) is 2.91. The van der Waals surface area contributed by atoms with Crippen LogP contribution >= 0.6 is 11.8 Å². The van der Waals surface area contributed by atoms with Gasteiger partial charge in [-0.25, -0.2) is 0 Å². The molecule has 3 heteroatoms. The lowest BCUT2D eigenvalue weighted by Gasteiger charge is -2.32. The Morgan fingerprint density at radius 2 is 2.11 bits per heavy atom. The Morgan fingerprint density at radius 1 is 1.16 bits per heavy atom. The first-order chi connectivity index (χ1) is 9.42. The van der Waals surface area contributed by atoms with E-state index in [9.17, 15) is 0 Å². The van der Waals surface area contributed by atoms with Gasteiger partial charge < -0.3 is 5.32 Å². The van der Waals surface area contributed by atoms with Crippen molar-refractivity contribution in [3.8, 4) is 0 Å². The second-order valence-electron chi connectivity index (χ2n) is 6.11. The average Bonchev–Trinajstić information content (AvgIpc) is 2.90. The molecule has 2 saturated heterocycles. The molecule has 0 saturated carbocycles. The third-order valence-electron chi connectivity index (χ3n) is 5.00. The zero-order chi connectivity index (χ0) is 12.7. The Bertz CT molecular complexity index is 448. The Labute approximate surface area is 119 Å². The average molecular weight is 274 g/mol. The molecular weight excluding hydrogens is 252 g/mol. The Balaban J connectivity index is 1.57. The highest BCUT2D eigenvalue weighted by Gasteiger charge is 2.38. The second kappa shape index (κ2) is 5.12. The lowest BCUT2D eigenvalue weighted by atomic mass is 9.94. The fraction of sp³-hybridized carbons (Fsp3) is 0.625. The first-order valence-electron chi connectivity index (χ1n) is 7.61. The van der Waals surface area contributed by atoms with Gasteiger partial charge in [-0.1, -0.05) is 18.2 Å².